The van der Waals surface area contributed by atoms with Crippen LogP contribution in [0.3, 0.4) is 0 Å². The lowest BCUT2D eigenvalue weighted by atomic mass is 9.65. The second kappa shape index (κ2) is 9.80. The summed E-state index contributed by atoms with van der Waals surface area (Å²) in [6.07, 6.45) is 5.96. The number of rotatable bonds is 6. The molecule has 1 aliphatic carbocycles. The van der Waals surface area contributed by atoms with Crippen LogP contribution in [0.25, 0.3) is 0 Å². The second-order valence-electron chi connectivity index (χ2n) is 10.7. The van der Waals surface area contributed by atoms with E-state index in [1.807, 2.05) is 54.1 Å². The molecule has 0 bridgehead atoms. The predicted molar refractivity (Wildman–Crippen MR) is 134 cm³/mol. The minimum atomic E-state index is -0.879. The van der Waals surface area contributed by atoms with Crippen molar-refractivity contribution in [2.24, 2.45) is 16.3 Å². The maximum Gasteiger partial charge on any atom is 0.325 e. The van der Waals surface area contributed by atoms with Crippen LogP contribution < -0.4 is 10.8 Å². The molecule has 2 aliphatic rings. The highest BCUT2D eigenvalue weighted by molar-refractivity contribution is 6.09. The minimum absolute atomic E-state index is 0.214. The maximum atomic E-state index is 13.3. The van der Waals surface area contributed by atoms with E-state index in [-0.39, 0.29) is 17.9 Å². The number of carbonyl (C=O) groups excluding carboxylic acids is 3. The third-order valence-corrected chi connectivity index (χ3v) is 8.02. The molecule has 1 aromatic heterocycles. The molecule has 35 heavy (non-hydrogen) atoms. The average molecular weight is 477 g/mol. The largest absolute Gasteiger partial charge is 0.328 e. The van der Waals surface area contributed by atoms with E-state index in [4.69, 9.17) is 0 Å². The van der Waals surface area contributed by atoms with Crippen molar-refractivity contribution in [1.82, 2.24) is 14.8 Å². The van der Waals surface area contributed by atoms with Gasteiger partial charge >= 0.3 is 6.03 Å². The zero-order chi connectivity index (χ0) is 25.2. The number of imide groups is 1. The molecule has 4 amide bonds. The first-order valence-corrected chi connectivity index (χ1v) is 12.6. The predicted octanol–water partition coefficient (Wildman–Crippen LogP) is 4.19. The first-order valence-electron chi connectivity index (χ1n) is 12.6. The Balaban J connectivity index is 1.46. The number of benzene rings is 1. The van der Waals surface area contributed by atoms with Crippen LogP contribution in [0.5, 0.6) is 0 Å². The molecule has 1 spiro atoms. The molecule has 1 saturated carbocycles. The van der Waals surface area contributed by atoms with E-state index in [1.54, 1.807) is 6.07 Å². The topological polar surface area (TPSA) is 83.8 Å². The molecule has 186 valence electrons. The molecular formula is C28H36N4O3. The number of hydrogen-bond donors (Lipinski definition) is 1. The van der Waals surface area contributed by atoms with Gasteiger partial charge < -0.3 is 9.88 Å². The van der Waals surface area contributed by atoms with Gasteiger partial charge in [-0.05, 0) is 61.6 Å². The zero-order valence-corrected chi connectivity index (χ0v) is 21.2. The highest BCUT2D eigenvalue weighted by atomic mass is 16.2. The number of carbonyl (C=O) groups is 3. The van der Waals surface area contributed by atoms with E-state index in [1.165, 1.54) is 5.56 Å². The van der Waals surface area contributed by atoms with Gasteiger partial charge in [0.2, 0.25) is 0 Å². The Hall–Kier alpha value is -3.22. The van der Waals surface area contributed by atoms with Crippen molar-refractivity contribution in [2.45, 2.75) is 71.9 Å². The third-order valence-electron chi connectivity index (χ3n) is 8.02. The standard InChI is InChI=1S/C28H36N4O3/c1-5-27(3,4)22-13-15-28(16-14-22)25(34)32(26(35)30-28)19-24(33)29-23-8-6-7-17-31(23)18-21-11-9-20(2)10-12-21/h6-12,17,22H,5,13-16,18-19H2,1-4H3,(H,30,35). The monoisotopic (exact) mass is 476 g/mol. The molecule has 1 aliphatic heterocycles. The van der Waals surface area contributed by atoms with E-state index in [0.717, 1.165) is 29.7 Å². The number of pyridine rings is 1. The molecule has 1 saturated heterocycles. The first-order chi connectivity index (χ1) is 16.6. The minimum Gasteiger partial charge on any atom is -0.328 e. The molecule has 1 aromatic carbocycles. The van der Waals surface area contributed by atoms with Gasteiger partial charge in [0.05, 0.1) is 0 Å². The van der Waals surface area contributed by atoms with E-state index < -0.39 is 17.5 Å². The van der Waals surface area contributed by atoms with Gasteiger partial charge in [-0.25, -0.2) is 4.79 Å². The molecule has 2 heterocycles. The molecule has 4 rings (SSSR count). The Morgan fingerprint density at radius 1 is 1.11 bits per heavy atom. The van der Waals surface area contributed by atoms with Crippen LogP contribution in [0.15, 0.2) is 53.7 Å². The highest BCUT2D eigenvalue weighted by Gasteiger charge is 2.53. The van der Waals surface area contributed by atoms with Gasteiger partial charge in [0, 0.05) is 12.7 Å². The van der Waals surface area contributed by atoms with Gasteiger partial charge in [-0.1, -0.05) is 63.1 Å². The third kappa shape index (κ3) is 5.24. The summed E-state index contributed by atoms with van der Waals surface area (Å²) >= 11 is 0. The van der Waals surface area contributed by atoms with Gasteiger partial charge in [-0.3, -0.25) is 14.5 Å². The Kier molecular flexibility index (Phi) is 6.97. The first kappa shape index (κ1) is 24.9. The van der Waals surface area contributed by atoms with Crippen molar-refractivity contribution < 1.29 is 14.4 Å². The smallest absolute Gasteiger partial charge is 0.325 e. The van der Waals surface area contributed by atoms with Crippen LogP contribution in [0, 0.1) is 18.3 Å². The number of aryl methyl sites for hydroxylation is 1. The van der Waals surface area contributed by atoms with Gasteiger partial charge in [-0.2, -0.15) is 4.99 Å². The fraction of sp³-hybridized carbons (Fsp3) is 0.500. The van der Waals surface area contributed by atoms with Crippen LogP contribution in [-0.4, -0.2) is 39.4 Å². The molecule has 2 aromatic rings. The summed E-state index contributed by atoms with van der Waals surface area (Å²) in [5.41, 5.74) is 2.10. The molecule has 0 atom stereocenters. The van der Waals surface area contributed by atoms with E-state index in [9.17, 15) is 14.4 Å². The van der Waals surface area contributed by atoms with Crippen molar-refractivity contribution in [1.29, 1.82) is 0 Å². The number of aromatic nitrogens is 1. The van der Waals surface area contributed by atoms with E-state index in [2.05, 4.69) is 31.1 Å². The van der Waals surface area contributed by atoms with Crippen LogP contribution in [0.2, 0.25) is 0 Å². The lowest BCUT2D eigenvalue weighted by Crippen LogP contribution is -2.51. The van der Waals surface area contributed by atoms with Gasteiger partial charge in [0.15, 0.2) is 0 Å². The van der Waals surface area contributed by atoms with Gasteiger partial charge in [0.1, 0.15) is 17.6 Å². The summed E-state index contributed by atoms with van der Waals surface area (Å²) in [5, 5.41) is 2.92. The Morgan fingerprint density at radius 2 is 1.80 bits per heavy atom. The molecular weight excluding hydrogens is 440 g/mol. The van der Waals surface area contributed by atoms with E-state index in [0.29, 0.717) is 30.8 Å². The van der Waals surface area contributed by atoms with Crippen LogP contribution in [-0.2, 0) is 16.1 Å². The molecule has 1 N–H and O–H groups in total. The number of amides is 4. The van der Waals surface area contributed by atoms with Crippen molar-refractivity contribution in [2.75, 3.05) is 6.54 Å². The average Bonchev–Trinajstić information content (AvgIpc) is 3.06. The summed E-state index contributed by atoms with van der Waals surface area (Å²) in [5.74, 6) is -0.287. The Morgan fingerprint density at radius 3 is 2.46 bits per heavy atom. The quantitative estimate of drug-likeness (QED) is 0.635. The Labute approximate surface area is 207 Å². The summed E-state index contributed by atoms with van der Waals surface area (Å²) in [6.45, 7) is 8.99. The zero-order valence-electron chi connectivity index (χ0n) is 21.2. The van der Waals surface area contributed by atoms with E-state index >= 15 is 0 Å². The van der Waals surface area contributed by atoms with Crippen LogP contribution in [0.1, 0.15) is 64.0 Å². The fourth-order valence-corrected chi connectivity index (χ4v) is 5.23. The number of urea groups is 1. The van der Waals surface area contributed by atoms with Crippen molar-refractivity contribution >= 4 is 17.8 Å². The van der Waals surface area contributed by atoms with Crippen LogP contribution in [0.4, 0.5) is 4.79 Å². The summed E-state index contributed by atoms with van der Waals surface area (Å²) in [4.78, 5) is 44.1. The van der Waals surface area contributed by atoms with Gasteiger partial charge in [0.25, 0.3) is 11.8 Å². The molecule has 7 nitrogen and oxygen atoms in total. The SMILES string of the molecule is CCC(C)(C)C1CCC2(CC1)NC(=O)N(CC(=O)N=c1ccccn1Cc1ccc(C)cc1)C2=O. The normalized spacial score (nSPS) is 23.1. The number of hydrogen-bond acceptors (Lipinski definition) is 3. The van der Waals surface area contributed by atoms with Crippen molar-refractivity contribution in [3.05, 3.63) is 65.3 Å². The molecule has 0 radical (unpaired) electrons. The van der Waals surface area contributed by atoms with Gasteiger partial charge in [-0.15, -0.1) is 0 Å². The van der Waals surface area contributed by atoms with Crippen molar-refractivity contribution in [3.8, 4) is 0 Å². The molecule has 0 unspecified atom stereocenters. The lowest BCUT2D eigenvalue weighted by Gasteiger charge is -2.42. The maximum absolute atomic E-state index is 13.3. The summed E-state index contributed by atoms with van der Waals surface area (Å²) < 4.78 is 1.88. The summed E-state index contributed by atoms with van der Waals surface area (Å²) in [7, 11) is 0. The van der Waals surface area contributed by atoms with Crippen LogP contribution >= 0.6 is 0 Å². The van der Waals surface area contributed by atoms with Crippen molar-refractivity contribution in [3.63, 3.8) is 0 Å². The Bertz CT molecular complexity index is 1170. The number of nitrogens with zero attached hydrogens (tertiary/aromatic N) is 3. The number of nitrogens with one attached hydrogen (secondary N) is 1. The molecule has 2 fully saturated rings. The fourth-order valence-electron chi connectivity index (χ4n) is 5.23. The summed E-state index contributed by atoms with van der Waals surface area (Å²) in [6, 6.07) is 13.2. The highest BCUT2D eigenvalue weighted by Crippen LogP contribution is 2.45. The second-order valence-corrected chi connectivity index (χ2v) is 10.7. The lowest BCUT2D eigenvalue weighted by molar-refractivity contribution is -0.135. The molecule has 7 heteroatoms.